The summed E-state index contributed by atoms with van der Waals surface area (Å²) in [5.74, 6) is 0. The molecule has 0 aromatic heterocycles. The summed E-state index contributed by atoms with van der Waals surface area (Å²) in [4.78, 5) is 12.6. The molecule has 5 heteroatoms. The molecule has 0 spiro atoms. The normalized spacial score (nSPS) is 9.68. The molecule has 0 amide bonds. The van der Waals surface area contributed by atoms with E-state index in [-0.39, 0.29) is 0 Å². The first-order valence-electron chi connectivity index (χ1n) is 7.49. The standard InChI is InChI=1S/C20H12N4O/c21-13-15-1-7-18(8-2-15)24(19-9-3-16(14-22)4-10-19)20-11-5-17(23-25)6-12-20/h1-12H. The molecule has 0 atom stereocenters. The average molecular weight is 324 g/mol. The molecule has 118 valence electrons. The third-order valence-corrected chi connectivity index (χ3v) is 3.72. The molecule has 0 N–H and O–H groups in total. The van der Waals surface area contributed by atoms with Crippen LogP contribution in [0.15, 0.2) is 78.0 Å². The van der Waals surface area contributed by atoms with E-state index in [0.29, 0.717) is 16.8 Å². The molecule has 0 fully saturated rings. The van der Waals surface area contributed by atoms with Crippen LogP contribution in [0.5, 0.6) is 0 Å². The van der Waals surface area contributed by atoms with E-state index in [9.17, 15) is 4.91 Å². The van der Waals surface area contributed by atoms with Gasteiger partial charge in [-0.05, 0) is 78.0 Å². The number of nitroso groups, excluding NO2 is 1. The highest BCUT2D eigenvalue weighted by Crippen LogP contribution is 2.35. The molecule has 3 aromatic carbocycles. The average Bonchev–Trinajstić information content (AvgIpc) is 2.70. The zero-order valence-corrected chi connectivity index (χ0v) is 13.1. The third kappa shape index (κ3) is 3.36. The topological polar surface area (TPSA) is 80.2 Å². The van der Waals surface area contributed by atoms with Crippen LogP contribution in [-0.4, -0.2) is 0 Å². The van der Waals surface area contributed by atoms with Gasteiger partial charge in [0.25, 0.3) is 0 Å². The lowest BCUT2D eigenvalue weighted by Gasteiger charge is -2.25. The number of benzene rings is 3. The monoisotopic (exact) mass is 324 g/mol. The van der Waals surface area contributed by atoms with Crippen LogP contribution >= 0.6 is 0 Å². The van der Waals surface area contributed by atoms with Gasteiger partial charge in [-0.2, -0.15) is 10.5 Å². The smallest absolute Gasteiger partial charge is 0.108 e. The molecule has 0 unspecified atom stereocenters. The van der Waals surface area contributed by atoms with Crippen molar-refractivity contribution in [2.75, 3.05) is 4.90 Å². The highest BCUT2D eigenvalue weighted by atomic mass is 16.3. The Labute approximate surface area is 145 Å². The van der Waals surface area contributed by atoms with E-state index < -0.39 is 0 Å². The minimum atomic E-state index is 0.350. The van der Waals surface area contributed by atoms with Gasteiger partial charge in [0, 0.05) is 17.1 Å². The fourth-order valence-corrected chi connectivity index (χ4v) is 2.48. The molecule has 0 saturated heterocycles. The zero-order chi connectivity index (χ0) is 17.6. The molecule has 0 aliphatic carbocycles. The minimum Gasteiger partial charge on any atom is -0.311 e. The van der Waals surface area contributed by atoms with Crippen molar-refractivity contribution in [3.05, 3.63) is 88.8 Å². The largest absolute Gasteiger partial charge is 0.311 e. The van der Waals surface area contributed by atoms with Gasteiger partial charge in [0.05, 0.1) is 23.3 Å². The summed E-state index contributed by atoms with van der Waals surface area (Å²) in [6.07, 6.45) is 0. The Morgan fingerprint density at radius 2 is 1.00 bits per heavy atom. The SMILES string of the molecule is N#Cc1ccc(N(c2ccc(C#N)cc2)c2ccc(N=O)cc2)cc1. The van der Waals surface area contributed by atoms with Crippen molar-refractivity contribution in [3.63, 3.8) is 0 Å². The molecule has 0 heterocycles. The van der Waals surface area contributed by atoms with Crippen LogP contribution in [0.3, 0.4) is 0 Å². The fraction of sp³-hybridized carbons (Fsp3) is 0. The van der Waals surface area contributed by atoms with Crippen LogP contribution in [0.25, 0.3) is 0 Å². The lowest BCUT2D eigenvalue weighted by atomic mass is 10.1. The molecular weight excluding hydrogens is 312 g/mol. The Morgan fingerprint density at radius 1 is 0.640 bits per heavy atom. The van der Waals surface area contributed by atoms with Gasteiger partial charge in [0.2, 0.25) is 0 Å². The maximum Gasteiger partial charge on any atom is 0.108 e. The number of anilines is 3. The Bertz CT molecular complexity index is 905. The van der Waals surface area contributed by atoms with E-state index in [1.165, 1.54) is 0 Å². The van der Waals surface area contributed by atoms with E-state index >= 15 is 0 Å². The summed E-state index contributed by atoms with van der Waals surface area (Å²) in [6.45, 7) is 0. The van der Waals surface area contributed by atoms with Crippen molar-refractivity contribution in [2.45, 2.75) is 0 Å². The van der Waals surface area contributed by atoms with Crippen LogP contribution in [0.2, 0.25) is 0 Å². The molecule has 3 rings (SSSR count). The van der Waals surface area contributed by atoms with Crippen LogP contribution < -0.4 is 4.90 Å². The van der Waals surface area contributed by atoms with Crippen molar-refractivity contribution < 1.29 is 0 Å². The van der Waals surface area contributed by atoms with Gasteiger partial charge in [-0.25, -0.2) is 0 Å². The first-order valence-corrected chi connectivity index (χ1v) is 7.49. The molecule has 5 nitrogen and oxygen atoms in total. The molecule has 0 bridgehead atoms. The van der Waals surface area contributed by atoms with Gasteiger partial charge in [0.15, 0.2) is 0 Å². The third-order valence-electron chi connectivity index (χ3n) is 3.72. The number of hydrogen-bond acceptors (Lipinski definition) is 5. The maximum absolute atomic E-state index is 10.6. The van der Waals surface area contributed by atoms with Crippen molar-refractivity contribution >= 4 is 22.7 Å². The van der Waals surface area contributed by atoms with Crippen molar-refractivity contribution in [2.24, 2.45) is 5.18 Å². The predicted octanol–water partition coefficient (Wildman–Crippen LogP) is 5.30. The second-order valence-corrected chi connectivity index (χ2v) is 5.26. The van der Waals surface area contributed by atoms with Crippen molar-refractivity contribution in [3.8, 4) is 12.1 Å². The first-order chi connectivity index (χ1) is 12.2. The highest BCUT2D eigenvalue weighted by Gasteiger charge is 2.12. The van der Waals surface area contributed by atoms with E-state index in [1.807, 2.05) is 29.2 Å². The maximum atomic E-state index is 10.6. The highest BCUT2D eigenvalue weighted by molar-refractivity contribution is 5.77. The first kappa shape index (κ1) is 15.9. The number of hydrogen-bond donors (Lipinski definition) is 0. The van der Waals surface area contributed by atoms with Crippen molar-refractivity contribution in [1.82, 2.24) is 0 Å². The summed E-state index contributed by atoms with van der Waals surface area (Å²) in [5.41, 5.74) is 4.05. The number of nitrogens with zero attached hydrogens (tertiary/aromatic N) is 4. The molecule has 0 saturated carbocycles. The summed E-state index contributed by atoms with van der Waals surface area (Å²) >= 11 is 0. The summed E-state index contributed by atoms with van der Waals surface area (Å²) in [7, 11) is 0. The van der Waals surface area contributed by atoms with E-state index in [1.54, 1.807) is 48.5 Å². The Kier molecular flexibility index (Phi) is 4.51. The molecule has 25 heavy (non-hydrogen) atoms. The van der Waals surface area contributed by atoms with Gasteiger partial charge in [-0.15, -0.1) is 4.91 Å². The molecule has 3 aromatic rings. The molecular formula is C20H12N4O. The van der Waals surface area contributed by atoms with Gasteiger partial charge >= 0.3 is 0 Å². The quantitative estimate of drug-likeness (QED) is 0.610. The summed E-state index contributed by atoms with van der Waals surface area (Å²) < 4.78 is 0. The Hall–Kier alpha value is -3.96. The van der Waals surface area contributed by atoms with E-state index in [4.69, 9.17) is 10.5 Å². The van der Waals surface area contributed by atoms with Crippen LogP contribution in [0, 0.1) is 27.6 Å². The lowest BCUT2D eigenvalue weighted by molar-refractivity contribution is 1.27. The lowest BCUT2D eigenvalue weighted by Crippen LogP contribution is -2.09. The van der Waals surface area contributed by atoms with Gasteiger partial charge in [-0.3, -0.25) is 0 Å². The molecule has 0 radical (unpaired) electrons. The van der Waals surface area contributed by atoms with Gasteiger partial charge in [-0.1, -0.05) is 0 Å². The Balaban J connectivity index is 2.10. The van der Waals surface area contributed by atoms with Crippen LogP contribution in [0.1, 0.15) is 11.1 Å². The minimum absolute atomic E-state index is 0.350. The van der Waals surface area contributed by atoms with E-state index in [2.05, 4.69) is 17.3 Å². The number of rotatable bonds is 4. The van der Waals surface area contributed by atoms with Gasteiger partial charge in [0.1, 0.15) is 5.69 Å². The fourth-order valence-electron chi connectivity index (χ4n) is 2.48. The van der Waals surface area contributed by atoms with Crippen molar-refractivity contribution in [1.29, 1.82) is 10.5 Å². The second-order valence-electron chi connectivity index (χ2n) is 5.26. The molecule has 0 aliphatic heterocycles. The molecule has 0 aliphatic rings. The predicted molar refractivity (Wildman–Crippen MR) is 96.0 cm³/mol. The van der Waals surface area contributed by atoms with Gasteiger partial charge < -0.3 is 4.90 Å². The zero-order valence-electron chi connectivity index (χ0n) is 13.1. The van der Waals surface area contributed by atoms with Crippen LogP contribution in [0.4, 0.5) is 22.7 Å². The summed E-state index contributed by atoms with van der Waals surface area (Å²) in [6, 6.07) is 25.5. The Morgan fingerprint density at radius 3 is 1.32 bits per heavy atom. The second kappa shape index (κ2) is 7.08. The summed E-state index contributed by atoms with van der Waals surface area (Å²) in [5, 5.41) is 20.9. The number of nitriles is 2. The van der Waals surface area contributed by atoms with E-state index in [0.717, 1.165) is 17.1 Å². The van der Waals surface area contributed by atoms with Crippen LogP contribution in [-0.2, 0) is 0 Å².